The number of allylic oxidation sites excluding steroid dienone is 1. The molecule has 1 saturated carbocycles. The van der Waals surface area contributed by atoms with Gasteiger partial charge in [-0.05, 0) is 111 Å². The Labute approximate surface area is 320 Å². The summed E-state index contributed by atoms with van der Waals surface area (Å²) in [6.07, 6.45) is 16.7. The van der Waals surface area contributed by atoms with Gasteiger partial charge in [-0.3, -0.25) is 4.79 Å². The van der Waals surface area contributed by atoms with Crippen LogP contribution in [-0.4, -0.2) is 59.4 Å². The van der Waals surface area contributed by atoms with Gasteiger partial charge < -0.3 is 41.4 Å². The first kappa shape index (κ1) is 41.5. The molecule has 9 atom stereocenters. The lowest BCUT2D eigenvalue weighted by atomic mass is 9.79. The molecule has 0 saturated heterocycles. The summed E-state index contributed by atoms with van der Waals surface area (Å²) in [6.45, 7) is 2.20. The number of phenols is 1. The van der Waals surface area contributed by atoms with E-state index in [0.717, 1.165) is 48.8 Å². The summed E-state index contributed by atoms with van der Waals surface area (Å²) in [6, 6.07) is 12.5. The molecular formula is C44H62N3O7-. The summed E-state index contributed by atoms with van der Waals surface area (Å²) in [4.78, 5) is 21.0. The van der Waals surface area contributed by atoms with Gasteiger partial charge >= 0.3 is 5.97 Å². The number of nitrogens with two attached hydrogens (primary N) is 1. The highest BCUT2D eigenvalue weighted by Crippen LogP contribution is 2.49. The van der Waals surface area contributed by atoms with E-state index in [4.69, 9.17) is 5.73 Å². The molecule has 1 aromatic carbocycles. The number of nitrogen functional groups attached to an aromatic ring is 1. The number of nitrogens with zero attached hydrogens (tertiary/aromatic N) is 2. The number of carboxylic acid groups (broad SMARTS) is 1. The van der Waals surface area contributed by atoms with Crippen molar-refractivity contribution in [2.24, 2.45) is 29.6 Å². The van der Waals surface area contributed by atoms with Crippen molar-refractivity contribution in [2.45, 2.75) is 134 Å². The number of hydrogen-bond donors (Lipinski definition) is 7. The number of anilines is 1. The highest BCUT2D eigenvalue weighted by molar-refractivity contribution is 5.70. The van der Waals surface area contributed by atoms with Crippen LogP contribution in [0, 0.1) is 29.6 Å². The molecule has 8 N–H and O–H groups in total. The fourth-order valence-corrected chi connectivity index (χ4v) is 9.02. The lowest BCUT2D eigenvalue weighted by molar-refractivity contribution is -0.147. The molecule has 1 fully saturated rings. The first-order valence-corrected chi connectivity index (χ1v) is 20.2. The van der Waals surface area contributed by atoms with Crippen LogP contribution in [0.1, 0.15) is 125 Å². The van der Waals surface area contributed by atoms with Crippen molar-refractivity contribution in [3.05, 3.63) is 89.4 Å². The maximum Gasteiger partial charge on any atom is 0.309 e. The molecule has 5 rings (SSSR count). The van der Waals surface area contributed by atoms with Crippen molar-refractivity contribution in [3.8, 4) is 5.75 Å². The van der Waals surface area contributed by atoms with Crippen LogP contribution in [0.15, 0.2) is 67.0 Å². The Balaban J connectivity index is 1.17. The Morgan fingerprint density at radius 3 is 2.46 bits per heavy atom. The molecule has 2 aliphatic carbocycles. The van der Waals surface area contributed by atoms with Crippen molar-refractivity contribution in [1.82, 2.24) is 9.97 Å². The van der Waals surface area contributed by atoms with E-state index in [9.17, 15) is 35.4 Å². The number of benzene rings is 1. The SMILES string of the molecule is CCCCC[C@H]1C=C[C@H](CCCCC[C@H](C(=O)O)[C@H](O)CC[C@]2(O)C[C@@H](Cc3ccnc(N)c3)C[C@H]2[C@H](O)c2cc(Cc3ccc(O)cc3)c[n-]2)[C@@H](O)C1. The minimum absolute atomic E-state index is 0.0137. The number of unbranched alkanes of at least 4 members (excludes halogenated alkanes) is 4. The molecule has 296 valence electrons. The summed E-state index contributed by atoms with van der Waals surface area (Å²) < 4.78 is 0. The van der Waals surface area contributed by atoms with Gasteiger partial charge in [-0.25, -0.2) is 4.98 Å². The Morgan fingerprint density at radius 2 is 1.74 bits per heavy atom. The molecule has 2 heterocycles. The number of aliphatic carboxylic acids is 1. The molecular weight excluding hydrogens is 682 g/mol. The second-order valence-corrected chi connectivity index (χ2v) is 16.3. The fraction of sp³-hybridized carbons (Fsp3) is 0.591. The Morgan fingerprint density at radius 1 is 0.963 bits per heavy atom. The summed E-state index contributed by atoms with van der Waals surface area (Å²) in [5.74, 6) is -1.38. The standard InChI is InChI=1S/C44H62N3O7/c1-2-3-5-8-29-11-14-34(40(50)25-29)9-6-4-7-10-36(43(52)53)39(49)17-19-44(54)27-32(22-31-18-20-46-41(45)26-31)23-37(44)42(51)38-24-33(28-47-38)21-30-12-15-35(48)16-13-30/h11-16,18,20,24,26,28-29,32,34,36-37,39-40,42,48-51,54H,2-10,17,19,21-23,25,27H2,1H3,(H2,45,46)(H,52,53)/q-1/t29-,32-,34-,36-,37-,39+,40-,42-,44-/m0/s1. The Hall–Kier alpha value is -3.70. The zero-order chi connectivity index (χ0) is 38.7. The number of aliphatic hydroxyl groups excluding tert-OH is 3. The van der Waals surface area contributed by atoms with Gasteiger partial charge in [0.15, 0.2) is 0 Å². The van der Waals surface area contributed by atoms with Crippen molar-refractivity contribution in [1.29, 1.82) is 0 Å². The van der Waals surface area contributed by atoms with E-state index in [1.807, 2.05) is 30.3 Å². The van der Waals surface area contributed by atoms with E-state index < -0.39 is 35.6 Å². The smallest absolute Gasteiger partial charge is 0.309 e. The van der Waals surface area contributed by atoms with Crippen LogP contribution in [0.4, 0.5) is 5.82 Å². The van der Waals surface area contributed by atoms with E-state index in [0.29, 0.717) is 56.0 Å². The fourth-order valence-electron chi connectivity index (χ4n) is 9.02. The molecule has 54 heavy (non-hydrogen) atoms. The normalized spacial score (nSPS) is 25.8. The van der Waals surface area contributed by atoms with Crippen molar-refractivity contribution in [2.75, 3.05) is 5.73 Å². The predicted molar refractivity (Wildman–Crippen MR) is 209 cm³/mol. The van der Waals surface area contributed by atoms with Crippen LogP contribution in [0.25, 0.3) is 0 Å². The molecule has 0 radical (unpaired) electrons. The van der Waals surface area contributed by atoms with E-state index in [1.54, 1.807) is 24.5 Å². The summed E-state index contributed by atoms with van der Waals surface area (Å²) in [5.41, 5.74) is 7.93. The zero-order valence-electron chi connectivity index (χ0n) is 31.8. The third kappa shape index (κ3) is 11.7. The third-order valence-electron chi connectivity index (χ3n) is 12.1. The first-order valence-electron chi connectivity index (χ1n) is 20.2. The monoisotopic (exact) mass is 744 g/mol. The van der Waals surface area contributed by atoms with Gasteiger partial charge in [-0.1, -0.05) is 81.4 Å². The lowest BCUT2D eigenvalue weighted by Crippen LogP contribution is -2.39. The minimum atomic E-state index is -1.36. The number of aromatic hydroxyl groups is 1. The summed E-state index contributed by atoms with van der Waals surface area (Å²) in [5, 5.41) is 65.7. The van der Waals surface area contributed by atoms with Gasteiger partial charge in [0, 0.05) is 18.0 Å². The molecule has 0 amide bonds. The van der Waals surface area contributed by atoms with Crippen LogP contribution in [0.5, 0.6) is 5.75 Å². The van der Waals surface area contributed by atoms with Gasteiger partial charge in [0.25, 0.3) is 0 Å². The van der Waals surface area contributed by atoms with Gasteiger partial charge in [0.05, 0.1) is 29.8 Å². The van der Waals surface area contributed by atoms with Crippen LogP contribution in [0.2, 0.25) is 0 Å². The molecule has 2 aliphatic rings. The average Bonchev–Trinajstić information content (AvgIpc) is 3.74. The topological polar surface area (TPSA) is 191 Å². The van der Waals surface area contributed by atoms with Gasteiger partial charge in [-0.2, -0.15) is 6.20 Å². The Bertz CT molecular complexity index is 1630. The maximum absolute atomic E-state index is 12.3. The molecule has 2 aromatic heterocycles. The average molecular weight is 745 g/mol. The van der Waals surface area contributed by atoms with E-state index in [-0.39, 0.29) is 36.5 Å². The molecule has 0 aliphatic heterocycles. The number of aliphatic hydroxyl groups is 4. The number of carboxylic acids is 1. The molecule has 0 spiro atoms. The van der Waals surface area contributed by atoms with E-state index >= 15 is 0 Å². The number of rotatable bonds is 21. The van der Waals surface area contributed by atoms with Crippen LogP contribution >= 0.6 is 0 Å². The predicted octanol–water partition coefficient (Wildman–Crippen LogP) is 6.88. The highest BCUT2D eigenvalue weighted by atomic mass is 16.4. The molecule has 0 bridgehead atoms. The second kappa shape index (κ2) is 19.8. The highest BCUT2D eigenvalue weighted by Gasteiger charge is 2.49. The van der Waals surface area contributed by atoms with Crippen molar-refractivity contribution >= 4 is 11.8 Å². The van der Waals surface area contributed by atoms with Crippen LogP contribution in [0.3, 0.4) is 0 Å². The van der Waals surface area contributed by atoms with Crippen molar-refractivity contribution in [3.63, 3.8) is 0 Å². The number of hydrogen-bond acceptors (Lipinski definition) is 8. The second-order valence-electron chi connectivity index (χ2n) is 16.3. The zero-order valence-corrected chi connectivity index (χ0v) is 31.8. The number of carbonyl (C=O) groups is 1. The maximum atomic E-state index is 12.3. The number of phenolic OH excluding ortho intramolecular Hbond substituents is 1. The molecule has 10 heteroatoms. The third-order valence-corrected chi connectivity index (χ3v) is 12.1. The largest absolute Gasteiger partial charge is 0.665 e. The first-order chi connectivity index (χ1) is 25.9. The minimum Gasteiger partial charge on any atom is -0.665 e. The summed E-state index contributed by atoms with van der Waals surface area (Å²) >= 11 is 0. The lowest BCUT2D eigenvalue weighted by Gasteiger charge is -2.36. The van der Waals surface area contributed by atoms with Gasteiger partial charge in [0.2, 0.25) is 0 Å². The van der Waals surface area contributed by atoms with E-state index in [1.165, 1.54) is 19.3 Å². The number of aromatic nitrogens is 2. The number of pyridine rings is 1. The molecule has 0 unspecified atom stereocenters. The van der Waals surface area contributed by atoms with Crippen LogP contribution in [-0.2, 0) is 17.6 Å². The van der Waals surface area contributed by atoms with Gasteiger partial charge in [-0.15, -0.1) is 5.69 Å². The molecule has 10 nitrogen and oxygen atoms in total. The quantitative estimate of drug-likeness (QED) is 0.0447. The van der Waals surface area contributed by atoms with Gasteiger partial charge in [0.1, 0.15) is 11.6 Å². The van der Waals surface area contributed by atoms with Crippen LogP contribution < -0.4 is 10.7 Å². The van der Waals surface area contributed by atoms with Crippen molar-refractivity contribution < 1.29 is 35.4 Å². The summed E-state index contributed by atoms with van der Waals surface area (Å²) in [7, 11) is 0. The molecule has 3 aromatic rings. The Kier molecular flexibility index (Phi) is 15.2. The van der Waals surface area contributed by atoms with E-state index in [2.05, 4.69) is 29.0 Å².